The molecule has 3 aromatic rings. The second-order valence-corrected chi connectivity index (χ2v) is 6.22. The number of amides is 1. The zero-order chi connectivity index (χ0) is 18.9. The molecule has 1 heterocycles. The molecular formula is C21H24N4O2. The number of carbonyl (C=O) groups excluding carboxylic acids is 1. The molecule has 2 aromatic carbocycles. The van der Waals surface area contributed by atoms with E-state index in [-0.39, 0.29) is 6.61 Å². The van der Waals surface area contributed by atoms with Crippen molar-refractivity contribution in [3.63, 3.8) is 0 Å². The Morgan fingerprint density at radius 3 is 2.56 bits per heavy atom. The van der Waals surface area contributed by atoms with Gasteiger partial charge in [0.05, 0.1) is 12.7 Å². The van der Waals surface area contributed by atoms with Gasteiger partial charge in [-0.05, 0) is 29.7 Å². The van der Waals surface area contributed by atoms with Crippen LogP contribution in [0.4, 0.5) is 4.79 Å². The first kappa shape index (κ1) is 18.7. The Hall–Kier alpha value is -3.12. The molecule has 3 N–H and O–H groups in total. The molecule has 0 spiro atoms. The van der Waals surface area contributed by atoms with E-state index in [1.54, 1.807) is 4.68 Å². The Labute approximate surface area is 159 Å². The monoisotopic (exact) mass is 364 g/mol. The van der Waals surface area contributed by atoms with Crippen LogP contribution in [0.5, 0.6) is 0 Å². The standard InChI is InChI=1S/C21H24N4O2/c22-11-10-17-6-8-19(9-7-17)20-14-24-25(15-20)13-12-23-21(26)27-16-18-4-2-1-3-5-18/h1-9,14-15H,10-13,16,22H2,(H,23,26). The third kappa shape index (κ3) is 5.69. The maximum absolute atomic E-state index is 11.7. The van der Waals surface area contributed by atoms with Crippen LogP contribution in [0.3, 0.4) is 0 Å². The molecule has 0 aliphatic rings. The van der Waals surface area contributed by atoms with Gasteiger partial charge in [0.2, 0.25) is 0 Å². The number of benzene rings is 2. The maximum atomic E-state index is 11.7. The van der Waals surface area contributed by atoms with Crippen LogP contribution in [-0.2, 0) is 24.3 Å². The third-order valence-electron chi connectivity index (χ3n) is 4.18. The summed E-state index contributed by atoms with van der Waals surface area (Å²) in [6, 6.07) is 17.9. The summed E-state index contributed by atoms with van der Waals surface area (Å²) >= 11 is 0. The minimum absolute atomic E-state index is 0.263. The molecular weight excluding hydrogens is 340 g/mol. The molecule has 0 bridgehead atoms. The van der Waals surface area contributed by atoms with Gasteiger partial charge in [-0.2, -0.15) is 5.10 Å². The molecule has 0 saturated heterocycles. The predicted molar refractivity (Wildman–Crippen MR) is 105 cm³/mol. The predicted octanol–water partition coefficient (Wildman–Crippen LogP) is 2.98. The number of carbonyl (C=O) groups is 1. The number of alkyl carbamates (subject to hydrolysis) is 1. The van der Waals surface area contributed by atoms with Crippen LogP contribution < -0.4 is 11.1 Å². The normalized spacial score (nSPS) is 10.6. The van der Waals surface area contributed by atoms with Crippen LogP contribution in [0.2, 0.25) is 0 Å². The second kappa shape index (κ2) is 9.54. The number of nitrogens with zero attached hydrogens (tertiary/aromatic N) is 2. The molecule has 0 unspecified atom stereocenters. The molecule has 1 aromatic heterocycles. The Morgan fingerprint density at radius 1 is 1.04 bits per heavy atom. The highest BCUT2D eigenvalue weighted by atomic mass is 16.5. The molecule has 0 radical (unpaired) electrons. The van der Waals surface area contributed by atoms with Gasteiger partial charge in [0.25, 0.3) is 0 Å². The molecule has 0 atom stereocenters. The van der Waals surface area contributed by atoms with E-state index in [2.05, 4.69) is 34.7 Å². The number of nitrogens with one attached hydrogen (secondary N) is 1. The van der Waals surface area contributed by atoms with Gasteiger partial charge < -0.3 is 15.8 Å². The molecule has 0 fully saturated rings. The number of ether oxygens (including phenoxy) is 1. The van der Waals surface area contributed by atoms with Crippen molar-refractivity contribution in [1.82, 2.24) is 15.1 Å². The van der Waals surface area contributed by atoms with Crippen LogP contribution in [0.15, 0.2) is 67.0 Å². The van der Waals surface area contributed by atoms with E-state index in [9.17, 15) is 4.79 Å². The van der Waals surface area contributed by atoms with Crippen molar-refractivity contribution in [3.8, 4) is 11.1 Å². The van der Waals surface area contributed by atoms with E-state index in [1.807, 2.05) is 42.7 Å². The number of aromatic nitrogens is 2. The molecule has 6 nitrogen and oxygen atoms in total. The number of hydrogen-bond acceptors (Lipinski definition) is 4. The highest BCUT2D eigenvalue weighted by Gasteiger charge is 2.05. The van der Waals surface area contributed by atoms with Gasteiger partial charge in [-0.1, -0.05) is 54.6 Å². The summed E-state index contributed by atoms with van der Waals surface area (Å²) < 4.78 is 6.99. The summed E-state index contributed by atoms with van der Waals surface area (Å²) in [6.45, 7) is 1.94. The van der Waals surface area contributed by atoms with Crippen molar-refractivity contribution >= 4 is 6.09 Å². The van der Waals surface area contributed by atoms with E-state index < -0.39 is 6.09 Å². The summed E-state index contributed by atoms with van der Waals surface area (Å²) in [5.41, 5.74) is 9.92. The Kier molecular flexibility index (Phi) is 6.60. The zero-order valence-corrected chi connectivity index (χ0v) is 15.2. The number of hydrogen-bond donors (Lipinski definition) is 2. The first-order valence-electron chi connectivity index (χ1n) is 9.01. The van der Waals surface area contributed by atoms with Crippen molar-refractivity contribution in [2.45, 2.75) is 19.6 Å². The van der Waals surface area contributed by atoms with Crippen LogP contribution in [0, 0.1) is 0 Å². The Morgan fingerprint density at radius 2 is 1.81 bits per heavy atom. The largest absolute Gasteiger partial charge is 0.445 e. The molecule has 3 rings (SSSR count). The Bertz CT molecular complexity index is 844. The highest BCUT2D eigenvalue weighted by Crippen LogP contribution is 2.19. The lowest BCUT2D eigenvalue weighted by Gasteiger charge is -2.07. The minimum Gasteiger partial charge on any atom is -0.445 e. The van der Waals surface area contributed by atoms with E-state index in [1.165, 1.54) is 5.56 Å². The van der Waals surface area contributed by atoms with Crippen LogP contribution in [0.1, 0.15) is 11.1 Å². The van der Waals surface area contributed by atoms with Crippen molar-refractivity contribution in [2.75, 3.05) is 13.1 Å². The topological polar surface area (TPSA) is 82.2 Å². The fraction of sp³-hybridized carbons (Fsp3) is 0.238. The number of nitrogens with two attached hydrogens (primary N) is 1. The lowest BCUT2D eigenvalue weighted by atomic mass is 10.1. The molecule has 0 aliphatic carbocycles. The fourth-order valence-corrected chi connectivity index (χ4v) is 2.71. The zero-order valence-electron chi connectivity index (χ0n) is 15.2. The molecule has 140 valence electrons. The smallest absolute Gasteiger partial charge is 0.407 e. The third-order valence-corrected chi connectivity index (χ3v) is 4.18. The van der Waals surface area contributed by atoms with Gasteiger partial charge in [0.1, 0.15) is 6.61 Å². The van der Waals surface area contributed by atoms with Crippen LogP contribution in [0.25, 0.3) is 11.1 Å². The average molecular weight is 364 g/mol. The fourth-order valence-electron chi connectivity index (χ4n) is 2.71. The summed E-state index contributed by atoms with van der Waals surface area (Å²) in [5.74, 6) is 0. The van der Waals surface area contributed by atoms with Gasteiger partial charge in [-0.25, -0.2) is 4.79 Å². The van der Waals surface area contributed by atoms with Gasteiger partial charge in [0.15, 0.2) is 0 Å². The summed E-state index contributed by atoms with van der Waals surface area (Å²) in [5, 5.41) is 7.08. The highest BCUT2D eigenvalue weighted by molar-refractivity contribution is 5.67. The summed E-state index contributed by atoms with van der Waals surface area (Å²) in [6.07, 6.45) is 4.24. The van der Waals surface area contributed by atoms with Crippen molar-refractivity contribution < 1.29 is 9.53 Å². The second-order valence-electron chi connectivity index (χ2n) is 6.22. The summed E-state index contributed by atoms with van der Waals surface area (Å²) in [4.78, 5) is 11.7. The van der Waals surface area contributed by atoms with E-state index in [0.717, 1.165) is 23.1 Å². The van der Waals surface area contributed by atoms with Gasteiger partial charge in [0, 0.05) is 18.3 Å². The first-order valence-corrected chi connectivity index (χ1v) is 9.01. The molecule has 6 heteroatoms. The minimum atomic E-state index is -0.429. The average Bonchev–Trinajstić information content (AvgIpc) is 3.17. The first-order chi connectivity index (χ1) is 13.2. The van der Waals surface area contributed by atoms with Gasteiger partial charge in [-0.3, -0.25) is 4.68 Å². The molecule has 1 amide bonds. The van der Waals surface area contributed by atoms with E-state index in [4.69, 9.17) is 10.5 Å². The van der Waals surface area contributed by atoms with Crippen molar-refractivity contribution in [2.24, 2.45) is 5.73 Å². The molecule has 0 aliphatic heterocycles. The SMILES string of the molecule is NCCc1ccc(-c2cnn(CCNC(=O)OCc3ccccc3)c2)cc1. The van der Waals surface area contributed by atoms with Gasteiger partial charge >= 0.3 is 6.09 Å². The molecule has 27 heavy (non-hydrogen) atoms. The lowest BCUT2D eigenvalue weighted by molar-refractivity contribution is 0.139. The van der Waals surface area contributed by atoms with E-state index in [0.29, 0.717) is 19.6 Å². The van der Waals surface area contributed by atoms with E-state index >= 15 is 0 Å². The number of rotatable bonds is 8. The van der Waals surface area contributed by atoms with Gasteiger partial charge in [-0.15, -0.1) is 0 Å². The molecule has 0 saturated carbocycles. The van der Waals surface area contributed by atoms with Crippen LogP contribution >= 0.6 is 0 Å². The quantitative estimate of drug-likeness (QED) is 0.644. The lowest BCUT2D eigenvalue weighted by Crippen LogP contribution is -2.27. The maximum Gasteiger partial charge on any atom is 0.407 e. The van der Waals surface area contributed by atoms with Crippen molar-refractivity contribution in [1.29, 1.82) is 0 Å². The summed E-state index contributed by atoms with van der Waals surface area (Å²) in [7, 11) is 0. The Balaban J connectivity index is 1.43. The van der Waals surface area contributed by atoms with Crippen LogP contribution in [-0.4, -0.2) is 29.0 Å². The van der Waals surface area contributed by atoms with Crippen molar-refractivity contribution in [3.05, 3.63) is 78.1 Å².